The molecular formula is C24H11Cl2F13N2O4S. The standard InChI is InChI=1S/C24H11Cl2F13N2O4S/c25-13-6-2-5-12(16(13)26)14-7-8-15(43-14)17(42)41-18(46)40-11-4-1-3-10(9-11)19(27,28)21(31,32)44-22(33,34)20(29,30)23(35,36)45-24(37,38)39/h1-9H,(H2,40,41,42,46). The second-order valence-electron chi connectivity index (χ2n) is 8.60. The highest BCUT2D eigenvalue weighted by molar-refractivity contribution is 7.80. The summed E-state index contributed by atoms with van der Waals surface area (Å²) in [7, 11) is 0. The maximum atomic E-state index is 14.6. The Kier molecular flexibility index (Phi) is 10.3. The van der Waals surface area contributed by atoms with E-state index in [9.17, 15) is 61.9 Å². The fourth-order valence-corrected chi connectivity index (χ4v) is 3.86. The van der Waals surface area contributed by atoms with E-state index in [-0.39, 0.29) is 39.3 Å². The summed E-state index contributed by atoms with van der Waals surface area (Å²) >= 11 is 16.8. The van der Waals surface area contributed by atoms with E-state index >= 15 is 0 Å². The van der Waals surface area contributed by atoms with Crippen LogP contribution in [0.3, 0.4) is 0 Å². The molecule has 22 heteroatoms. The first-order valence-corrected chi connectivity index (χ1v) is 12.6. The lowest BCUT2D eigenvalue weighted by Crippen LogP contribution is -2.61. The smallest absolute Gasteiger partial charge is 0.451 e. The van der Waals surface area contributed by atoms with E-state index in [2.05, 4.69) is 10.1 Å². The Morgan fingerprint density at radius 1 is 0.761 bits per heavy atom. The molecule has 0 spiro atoms. The zero-order chi connectivity index (χ0) is 35.1. The molecule has 6 nitrogen and oxygen atoms in total. The Labute approximate surface area is 262 Å². The normalized spacial score (nSPS) is 13.5. The summed E-state index contributed by atoms with van der Waals surface area (Å²) in [6.45, 7) is 0. The van der Waals surface area contributed by atoms with Gasteiger partial charge in [-0.25, -0.2) is 9.47 Å². The highest BCUT2D eigenvalue weighted by Gasteiger charge is 2.80. The molecule has 3 aromatic rings. The second-order valence-corrected chi connectivity index (χ2v) is 9.80. The molecule has 1 amide bonds. The van der Waals surface area contributed by atoms with Crippen LogP contribution in [0.5, 0.6) is 0 Å². The van der Waals surface area contributed by atoms with Gasteiger partial charge in [-0.2, -0.15) is 43.9 Å². The van der Waals surface area contributed by atoms with E-state index in [0.717, 1.165) is 12.1 Å². The molecule has 1 heterocycles. The third-order valence-corrected chi connectivity index (χ3v) is 6.38. The van der Waals surface area contributed by atoms with Crippen LogP contribution >= 0.6 is 35.4 Å². The molecule has 0 saturated carbocycles. The number of thiocarbonyl (C=S) groups is 1. The quantitative estimate of drug-likeness (QED) is 0.160. The van der Waals surface area contributed by atoms with E-state index in [1.807, 2.05) is 5.32 Å². The number of carbonyl (C=O) groups is 1. The summed E-state index contributed by atoms with van der Waals surface area (Å²) < 4.78 is 183. The summed E-state index contributed by atoms with van der Waals surface area (Å²) in [6.07, 6.45) is -28.1. The largest absolute Gasteiger partial charge is 0.527 e. The van der Waals surface area contributed by atoms with Crippen LogP contribution in [0.25, 0.3) is 11.3 Å². The molecule has 0 unspecified atom stereocenters. The first-order valence-electron chi connectivity index (χ1n) is 11.4. The molecule has 0 saturated heterocycles. The minimum absolute atomic E-state index is 0.0690. The topological polar surface area (TPSA) is 72.7 Å². The number of alkyl halides is 13. The number of halogens is 15. The summed E-state index contributed by atoms with van der Waals surface area (Å²) in [4.78, 5) is 12.5. The van der Waals surface area contributed by atoms with Gasteiger partial charge < -0.3 is 9.73 Å². The fourth-order valence-electron chi connectivity index (χ4n) is 3.25. The van der Waals surface area contributed by atoms with Crippen molar-refractivity contribution in [1.29, 1.82) is 0 Å². The van der Waals surface area contributed by atoms with Crippen molar-refractivity contribution in [2.75, 3.05) is 5.32 Å². The van der Waals surface area contributed by atoms with Crippen molar-refractivity contribution in [3.63, 3.8) is 0 Å². The molecule has 1 aromatic heterocycles. The predicted octanol–water partition coefficient (Wildman–Crippen LogP) is 9.44. The lowest BCUT2D eigenvalue weighted by molar-refractivity contribution is -0.535. The highest BCUT2D eigenvalue weighted by atomic mass is 35.5. The van der Waals surface area contributed by atoms with Crippen molar-refractivity contribution < 1.29 is 75.8 Å². The Bertz CT molecular complexity index is 1620. The second kappa shape index (κ2) is 12.7. The zero-order valence-corrected chi connectivity index (χ0v) is 23.7. The minimum atomic E-state index is -7.56. The number of rotatable bonds is 10. The molecule has 0 bridgehead atoms. The van der Waals surface area contributed by atoms with Crippen molar-refractivity contribution >= 4 is 52.1 Å². The number of nitrogens with one attached hydrogen (secondary N) is 2. The van der Waals surface area contributed by atoms with Crippen LogP contribution in [-0.4, -0.2) is 41.6 Å². The van der Waals surface area contributed by atoms with Gasteiger partial charge in [0.25, 0.3) is 5.91 Å². The van der Waals surface area contributed by atoms with Crippen molar-refractivity contribution in [1.82, 2.24) is 5.32 Å². The van der Waals surface area contributed by atoms with Crippen LogP contribution < -0.4 is 10.6 Å². The van der Waals surface area contributed by atoms with E-state index < -0.39 is 58.8 Å². The third kappa shape index (κ3) is 7.79. The van der Waals surface area contributed by atoms with Gasteiger partial charge in [-0.1, -0.05) is 41.4 Å². The lowest BCUT2D eigenvalue weighted by atomic mass is 10.1. The lowest BCUT2D eigenvalue weighted by Gasteiger charge is -2.35. The van der Waals surface area contributed by atoms with Crippen molar-refractivity contribution in [3.8, 4) is 11.3 Å². The van der Waals surface area contributed by atoms with Crippen molar-refractivity contribution in [3.05, 3.63) is 76.0 Å². The minimum Gasteiger partial charge on any atom is -0.451 e. The average Bonchev–Trinajstić information content (AvgIpc) is 3.38. The number of furan rings is 1. The first kappa shape index (κ1) is 37.1. The van der Waals surface area contributed by atoms with Gasteiger partial charge in [-0.15, -0.1) is 13.2 Å². The Balaban J connectivity index is 1.75. The monoisotopic (exact) mass is 740 g/mol. The fraction of sp³-hybridized carbons (Fsp3) is 0.250. The molecule has 0 fully saturated rings. The molecular weight excluding hydrogens is 730 g/mol. The molecule has 0 radical (unpaired) electrons. The molecule has 46 heavy (non-hydrogen) atoms. The van der Waals surface area contributed by atoms with Crippen LogP contribution in [-0.2, 0) is 15.4 Å². The molecule has 0 atom stereocenters. The Hall–Kier alpha value is -3.33. The number of hydrogen-bond acceptors (Lipinski definition) is 5. The van der Waals surface area contributed by atoms with Gasteiger partial charge in [0.2, 0.25) is 0 Å². The number of carbonyl (C=O) groups excluding carboxylic acids is 1. The molecule has 252 valence electrons. The maximum absolute atomic E-state index is 14.6. The van der Waals surface area contributed by atoms with E-state index in [1.54, 1.807) is 4.74 Å². The number of anilines is 1. The summed E-state index contributed by atoms with van der Waals surface area (Å²) in [5.74, 6) is -14.9. The average molecular weight is 741 g/mol. The van der Waals surface area contributed by atoms with Gasteiger partial charge in [-0.3, -0.25) is 10.1 Å². The summed E-state index contributed by atoms with van der Waals surface area (Å²) in [5, 5.41) is 3.67. The highest BCUT2D eigenvalue weighted by Crippen LogP contribution is 2.54. The summed E-state index contributed by atoms with van der Waals surface area (Å²) in [5.41, 5.74) is -2.35. The molecule has 0 aliphatic carbocycles. The SMILES string of the molecule is O=C(NC(=S)Nc1cccc(C(F)(F)C(F)(F)OC(F)(F)C(F)(F)C(F)(F)OC(F)(F)F)c1)c1ccc(-c2cccc(Cl)c2Cl)o1. The van der Waals surface area contributed by atoms with Crippen LogP contribution in [0, 0.1) is 0 Å². The number of hydrogen-bond donors (Lipinski definition) is 2. The van der Waals surface area contributed by atoms with Gasteiger partial charge in [0.05, 0.1) is 10.0 Å². The Morgan fingerprint density at radius 3 is 1.96 bits per heavy atom. The predicted molar refractivity (Wildman–Crippen MR) is 136 cm³/mol. The summed E-state index contributed by atoms with van der Waals surface area (Å²) in [6, 6.07) is 8.59. The van der Waals surface area contributed by atoms with Gasteiger partial charge >= 0.3 is 36.5 Å². The van der Waals surface area contributed by atoms with Crippen LogP contribution in [0.2, 0.25) is 10.0 Å². The van der Waals surface area contributed by atoms with Crippen molar-refractivity contribution in [2.24, 2.45) is 0 Å². The molecule has 0 aliphatic heterocycles. The Morgan fingerprint density at radius 2 is 1.35 bits per heavy atom. The molecule has 0 aliphatic rings. The number of amides is 1. The van der Waals surface area contributed by atoms with E-state index in [1.165, 1.54) is 24.3 Å². The molecule has 2 aromatic carbocycles. The third-order valence-electron chi connectivity index (χ3n) is 5.35. The van der Waals surface area contributed by atoms with E-state index in [0.29, 0.717) is 6.07 Å². The van der Waals surface area contributed by atoms with Gasteiger partial charge in [0.15, 0.2) is 10.9 Å². The number of benzene rings is 2. The maximum Gasteiger partial charge on any atom is 0.527 e. The van der Waals surface area contributed by atoms with E-state index in [4.69, 9.17) is 39.8 Å². The zero-order valence-electron chi connectivity index (χ0n) is 21.4. The van der Waals surface area contributed by atoms with Crippen LogP contribution in [0.4, 0.5) is 62.8 Å². The van der Waals surface area contributed by atoms with Crippen molar-refractivity contribution in [2.45, 2.75) is 36.5 Å². The van der Waals surface area contributed by atoms with Gasteiger partial charge in [0.1, 0.15) is 5.76 Å². The number of ether oxygens (including phenoxy) is 2. The van der Waals surface area contributed by atoms with Gasteiger partial charge in [0, 0.05) is 16.8 Å². The molecule has 3 rings (SSSR count). The van der Waals surface area contributed by atoms with Gasteiger partial charge in [-0.05, 0) is 48.6 Å². The van der Waals surface area contributed by atoms with Crippen LogP contribution in [0.1, 0.15) is 16.1 Å². The first-order chi connectivity index (χ1) is 20.8. The molecule has 2 N–H and O–H groups in total. The van der Waals surface area contributed by atoms with Crippen LogP contribution in [0.15, 0.2) is 59.0 Å².